The molecule has 0 amide bonds. The average Bonchev–Trinajstić information content (AvgIpc) is 3.24. The first-order valence-electron chi connectivity index (χ1n) is 7.94. The maximum atomic E-state index is 14.4. The van der Waals surface area contributed by atoms with Crippen molar-refractivity contribution in [1.29, 1.82) is 0 Å². The third kappa shape index (κ3) is 3.22. The number of piperazine rings is 1. The number of likely N-dealkylation sites (N-methyl/N-ethyl adjacent to an activating group) is 1. The summed E-state index contributed by atoms with van der Waals surface area (Å²) in [4.78, 5) is 4.58. The summed E-state index contributed by atoms with van der Waals surface area (Å²) in [6.45, 7) is 7.93. The van der Waals surface area contributed by atoms with Crippen molar-refractivity contribution < 1.29 is 4.39 Å². The maximum absolute atomic E-state index is 14.4. The summed E-state index contributed by atoms with van der Waals surface area (Å²) in [5.41, 5.74) is 1.95. The number of halogens is 1. The van der Waals surface area contributed by atoms with Crippen molar-refractivity contribution in [3.8, 4) is 0 Å². The molecule has 1 saturated carbocycles. The van der Waals surface area contributed by atoms with Crippen molar-refractivity contribution in [2.45, 2.75) is 44.8 Å². The van der Waals surface area contributed by atoms with E-state index in [2.05, 4.69) is 42.1 Å². The van der Waals surface area contributed by atoms with Crippen LogP contribution in [0.25, 0.3) is 0 Å². The molecule has 0 bridgehead atoms. The molecule has 3 rings (SSSR count). The van der Waals surface area contributed by atoms with Crippen LogP contribution in [0.5, 0.6) is 0 Å². The first-order chi connectivity index (χ1) is 9.97. The zero-order chi connectivity index (χ0) is 15.0. The van der Waals surface area contributed by atoms with Crippen molar-refractivity contribution in [2.24, 2.45) is 0 Å². The number of para-hydroxylation sites is 1. The van der Waals surface area contributed by atoms with Gasteiger partial charge < -0.3 is 10.2 Å². The van der Waals surface area contributed by atoms with Gasteiger partial charge in [0.1, 0.15) is 5.82 Å². The Bertz CT molecular complexity index is 511. The van der Waals surface area contributed by atoms with E-state index in [1.807, 2.05) is 6.07 Å². The van der Waals surface area contributed by atoms with Crippen LogP contribution in [-0.2, 0) is 6.54 Å². The highest BCUT2D eigenvalue weighted by Gasteiger charge is 2.33. The summed E-state index contributed by atoms with van der Waals surface area (Å²) in [5, 5.41) is 3.51. The van der Waals surface area contributed by atoms with E-state index in [-0.39, 0.29) is 11.4 Å². The van der Waals surface area contributed by atoms with Gasteiger partial charge in [0.2, 0.25) is 0 Å². The predicted octanol–water partition coefficient (Wildman–Crippen LogP) is 2.61. The molecule has 0 unspecified atom stereocenters. The molecule has 2 fully saturated rings. The molecule has 3 nitrogen and oxygen atoms in total. The van der Waals surface area contributed by atoms with Gasteiger partial charge in [-0.1, -0.05) is 12.1 Å². The lowest BCUT2D eigenvalue weighted by Gasteiger charge is -2.46. The lowest BCUT2D eigenvalue weighted by Crippen LogP contribution is -2.58. The molecule has 0 aromatic heterocycles. The molecule has 0 radical (unpaired) electrons. The number of nitrogens with zero attached hydrogens (tertiary/aromatic N) is 2. The quantitative estimate of drug-likeness (QED) is 0.920. The Morgan fingerprint density at radius 2 is 2.05 bits per heavy atom. The Morgan fingerprint density at radius 1 is 1.29 bits per heavy atom. The third-order valence-corrected chi connectivity index (χ3v) is 4.86. The first kappa shape index (κ1) is 14.8. The minimum absolute atomic E-state index is 0.0712. The number of anilines is 1. The van der Waals surface area contributed by atoms with Crippen molar-refractivity contribution in [2.75, 3.05) is 31.6 Å². The van der Waals surface area contributed by atoms with Gasteiger partial charge in [-0.2, -0.15) is 0 Å². The van der Waals surface area contributed by atoms with Gasteiger partial charge in [0.15, 0.2) is 0 Å². The molecule has 1 N–H and O–H groups in total. The van der Waals surface area contributed by atoms with Gasteiger partial charge in [-0.15, -0.1) is 0 Å². The molecule has 4 heteroatoms. The molecule has 1 aliphatic heterocycles. The largest absolute Gasteiger partial charge is 0.366 e. The standard InChI is InChI=1S/C17H26FN3/c1-17(2)12-21(10-9-20(17)3)16-13(5-4-6-15(16)18)11-19-14-7-8-14/h4-6,14,19H,7-12H2,1-3H3. The minimum atomic E-state index is -0.0922. The van der Waals surface area contributed by atoms with E-state index >= 15 is 0 Å². The molecular formula is C17H26FN3. The van der Waals surface area contributed by atoms with E-state index in [4.69, 9.17) is 0 Å². The monoisotopic (exact) mass is 291 g/mol. The van der Waals surface area contributed by atoms with Gasteiger partial charge >= 0.3 is 0 Å². The van der Waals surface area contributed by atoms with Crippen LogP contribution >= 0.6 is 0 Å². The van der Waals surface area contributed by atoms with Crippen LogP contribution in [-0.4, -0.2) is 43.2 Å². The van der Waals surface area contributed by atoms with Crippen LogP contribution in [0.2, 0.25) is 0 Å². The molecule has 1 saturated heterocycles. The molecular weight excluding hydrogens is 265 g/mol. The lowest BCUT2D eigenvalue weighted by atomic mass is 9.98. The first-order valence-corrected chi connectivity index (χ1v) is 7.94. The zero-order valence-corrected chi connectivity index (χ0v) is 13.3. The van der Waals surface area contributed by atoms with E-state index in [1.54, 1.807) is 6.07 Å². The van der Waals surface area contributed by atoms with E-state index in [1.165, 1.54) is 12.8 Å². The summed E-state index contributed by atoms with van der Waals surface area (Å²) in [5.74, 6) is -0.0922. The van der Waals surface area contributed by atoms with Crippen LogP contribution in [0.15, 0.2) is 18.2 Å². The van der Waals surface area contributed by atoms with E-state index in [9.17, 15) is 4.39 Å². The topological polar surface area (TPSA) is 18.5 Å². The molecule has 1 aromatic rings. The van der Waals surface area contributed by atoms with Crippen molar-refractivity contribution in [1.82, 2.24) is 10.2 Å². The van der Waals surface area contributed by atoms with Crippen molar-refractivity contribution >= 4 is 5.69 Å². The second kappa shape index (κ2) is 5.58. The van der Waals surface area contributed by atoms with Crippen LogP contribution < -0.4 is 10.2 Å². The fourth-order valence-electron chi connectivity index (χ4n) is 3.03. The summed E-state index contributed by atoms with van der Waals surface area (Å²) in [6.07, 6.45) is 2.51. The molecule has 1 aliphatic carbocycles. The molecule has 0 spiro atoms. The van der Waals surface area contributed by atoms with Crippen LogP contribution in [0.4, 0.5) is 10.1 Å². The minimum Gasteiger partial charge on any atom is -0.366 e. The average molecular weight is 291 g/mol. The molecule has 21 heavy (non-hydrogen) atoms. The van der Waals surface area contributed by atoms with Crippen LogP contribution in [0.1, 0.15) is 32.3 Å². The van der Waals surface area contributed by atoms with Gasteiger partial charge in [-0.05, 0) is 45.4 Å². The molecule has 116 valence electrons. The second-order valence-corrected chi connectivity index (χ2v) is 7.06. The van der Waals surface area contributed by atoms with Crippen molar-refractivity contribution in [3.05, 3.63) is 29.6 Å². The number of hydrogen-bond donors (Lipinski definition) is 1. The van der Waals surface area contributed by atoms with E-state index < -0.39 is 0 Å². The Morgan fingerprint density at radius 3 is 2.71 bits per heavy atom. The fraction of sp³-hybridized carbons (Fsp3) is 0.647. The normalized spacial score (nSPS) is 22.6. The Labute approximate surface area is 127 Å². The summed E-state index contributed by atoms with van der Waals surface area (Å²) < 4.78 is 14.4. The van der Waals surface area contributed by atoms with Crippen molar-refractivity contribution in [3.63, 3.8) is 0 Å². The smallest absolute Gasteiger partial charge is 0.146 e. The van der Waals surface area contributed by atoms with Gasteiger partial charge in [0.25, 0.3) is 0 Å². The lowest BCUT2D eigenvalue weighted by molar-refractivity contribution is 0.138. The fourth-order valence-corrected chi connectivity index (χ4v) is 3.03. The Kier molecular flexibility index (Phi) is 3.93. The summed E-state index contributed by atoms with van der Waals surface area (Å²) in [6, 6.07) is 6.11. The highest BCUT2D eigenvalue weighted by Crippen LogP contribution is 2.30. The highest BCUT2D eigenvalue weighted by atomic mass is 19.1. The van der Waals surface area contributed by atoms with Gasteiger partial charge in [0, 0.05) is 37.8 Å². The van der Waals surface area contributed by atoms with Gasteiger partial charge in [-0.3, -0.25) is 4.90 Å². The maximum Gasteiger partial charge on any atom is 0.146 e. The number of benzene rings is 1. The van der Waals surface area contributed by atoms with Crippen LogP contribution in [0, 0.1) is 5.82 Å². The SMILES string of the molecule is CN1CCN(c2c(F)cccc2CNC2CC2)CC1(C)C. The van der Waals surface area contributed by atoms with E-state index in [0.717, 1.165) is 37.4 Å². The summed E-state index contributed by atoms with van der Waals surface area (Å²) >= 11 is 0. The zero-order valence-electron chi connectivity index (χ0n) is 13.3. The number of hydrogen-bond acceptors (Lipinski definition) is 3. The van der Waals surface area contributed by atoms with E-state index in [0.29, 0.717) is 6.04 Å². The number of nitrogens with one attached hydrogen (secondary N) is 1. The molecule has 1 aromatic carbocycles. The molecule has 1 heterocycles. The summed E-state index contributed by atoms with van der Waals surface area (Å²) in [7, 11) is 2.15. The molecule has 0 atom stereocenters. The highest BCUT2D eigenvalue weighted by molar-refractivity contribution is 5.55. The third-order valence-electron chi connectivity index (χ3n) is 4.86. The van der Waals surface area contributed by atoms with Gasteiger partial charge in [-0.25, -0.2) is 4.39 Å². The second-order valence-electron chi connectivity index (χ2n) is 7.06. The van der Waals surface area contributed by atoms with Gasteiger partial charge in [0.05, 0.1) is 5.69 Å². The number of rotatable bonds is 4. The molecule has 2 aliphatic rings. The predicted molar refractivity (Wildman–Crippen MR) is 85.2 cm³/mol. The van der Waals surface area contributed by atoms with Crippen LogP contribution in [0.3, 0.4) is 0 Å². The Hall–Kier alpha value is -1.13. The Balaban J connectivity index is 1.82.